The van der Waals surface area contributed by atoms with Crippen LogP contribution in [0.1, 0.15) is 20.3 Å². The zero-order valence-electron chi connectivity index (χ0n) is 11.3. The Morgan fingerprint density at radius 3 is 2.26 bits per heavy atom. The molecule has 0 saturated heterocycles. The molecule has 0 aliphatic rings. The quantitative estimate of drug-likeness (QED) is 0.756. The smallest absolute Gasteiger partial charge is 0.338 e. The van der Waals surface area contributed by atoms with Crippen LogP contribution >= 0.6 is 11.8 Å². The van der Waals surface area contributed by atoms with Gasteiger partial charge in [0.25, 0.3) is 0 Å². The predicted molar refractivity (Wildman–Crippen MR) is 76.8 cm³/mol. The van der Waals surface area contributed by atoms with Gasteiger partial charge in [-0.1, -0.05) is 25.1 Å². The summed E-state index contributed by atoms with van der Waals surface area (Å²) < 4.78 is 28.8. The Bertz CT molecular complexity index is 519. The minimum atomic E-state index is -3.80. The predicted octanol–water partition coefficient (Wildman–Crippen LogP) is 2.49. The topological polar surface area (TPSA) is 60.4 Å². The van der Waals surface area contributed by atoms with Crippen LogP contribution in [0.4, 0.5) is 0 Å². The van der Waals surface area contributed by atoms with Crippen LogP contribution in [0.2, 0.25) is 0 Å². The molecule has 4 nitrogen and oxygen atoms in total. The zero-order chi connectivity index (χ0) is 14.5. The molecule has 6 heteroatoms. The van der Waals surface area contributed by atoms with Gasteiger partial charge in [-0.05, 0) is 31.7 Å². The average Bonchev–Trinajstić information content (AvgIpc) is 2.42. The van der Waals surface area contributed by atoms with Gasteiger partial charge in [0.1, 0.15) is 0 Å². The minimum Gasteiger partial charge on any atom is -0.464 e. The van der Waals surface area contributed by atoms with Gasteiger partial charge in [0.2, 0.25) is 13.9 Å². The van der Waals surface area contributed by atoms with Crippen LogP contribution in [0, 0.1) is 0 Å². The van der Waals surface area contributed by atoms with E-state index in [2.05, 4.69) is 0 Å². The average molecular weight is 302 g/mol. The molecule has 0 saturated carbocycles. The molecule has 0 heterocycles. The Balaban J connectivity index is 3.37. The van der Waals surface area contributed by atoms with Crippen molar-refractivity contribution in [2.75, 3.05) is 12.9 Å². The first-order chi connectivity index (χ1) is 8.96. The zero-order valence-corrected chi connectivity index (χ0v) is 12.9. The Kier molecular flexibility index (Phi) is 5.43. The van der Waals surface area contributed by atoms with Crippen molar-refractivity contribution in [3.05, 3.63) is 30.3 Å². The lowest BCUT2D eigenvalue weighted by molar-refractivity contribution is -0.143. The van der Waals surface area contributed by atoms with Crippen molar-refractivity contribution in [1.82, 2.24) is 0 Å². The highest BCUT2D eigenvalue weighted by Crippen LogP contribution is 2.38. The molecule has 0 amide bonds. The van der Waals surface area contributed by atoms with Gasteiger partial charge < -0.3 is 4.74 Å². The van der Waals surface area contributed by atoms with E-state index in [1.807, 2.05) is 0 Å². The maximum atomic E-state index is 12.7. The molecule has 1 atom stereocenters. The minimum absolute atomic E-state index is 0.138. The number of hydrogen-bond acceptors (Lipinski definition) is 5. The van der Waals surface area contributed by atoms with Crippen molar-refractivity contribution >= 4 is 27.6 Å². The summed E-state index contributed by atoms with van der Waals surface area (Å²) in [5, 5.41) is 0. The van der Waals surface area contributed by atoms with Gasteiger partial charge in [0, 0.05) is 0 Å². The molecule has 19 heavy (non-hydrogen) atoms. The van der Waals surface area contributed by atoms with E-state index in [1.165, 1.54) is 12.1 Å². The first-order valence-corrected chi connectivity index (χ1v) is 8.69. The summed E-state index contributed by atoms with van der Waals surface area (Å²) in [6, 6.07) is 8.00. The van der Waals surface area contributed by atoms with E-state index in [0.717, 1.165) is 11.8 Å². The van der Waals surface area contributed by atoms with Crippen LogP contribution in [0.25, 0.3) is 0 Å². The van der Waals surface area contributed by atoms with Gasteiger partial charge >= 0.3 is 5.97 Å². The Morgan fingerprint density at radius 1 is 1.26 bits per heavy atom. The fourth-order valence-corrected chi connectivity index (χ4v) is 5.05. The fourth-order valence-electron chi connectivity index (χ4n) is 1.81. The second kappa shape index (κ2) is 6.43. The van der Waals surface area contributed by atoms with Crippen LogP contribution < -0.4 is 0 Å². The Morgan fingerprint density at radius 2 is 1.84 bits per heavy atom. The first-order valence-electron chi connectivity index (χ1n) is 5.98. The van der Waals surface area contributed by atoms with Crippen molar-refractivity contribution in [2.45, 2.75) is 29.2 Å². The van der Waals surface area contributed by atoms with Crippen LogP contribution in [-0.4, -0.2) is 31.3 Å². The number of benzene rings is 1. The molecular formula is C13H18O4S2. The van der Waals surface area contributed by atoms with E-state index < -0.39 is 19.9 Å². The Labute approximate surface area is 118 Å². The lowest BCUT2D eigenvalue weighted by Crippen LogP contribution is -2.44. The van der Waals surface area contributed by atoms with Gasteiger partial charge in [-0.25, -0.2) is 13.2 Å². The van der Waals surface area contributed by atoms with Crippen LogP contribution in [0.5, 0.6) is 0 Å². The van der Waals surface area contributed by atoms with Crippen molar-refractivity contribution in [3.63, 3.8) is 0 Å². The highest BCUT2D eigenvalue weighted by molar-refractivity contribution is 8.15. The molecule has 0 radical (unpaired) electrons. The molecule has 106 valence electrons. The second-order valence-corrected chi connectivity index (χ2v) is 7.39. The number of hydrogen-bond donors (Lipinski definition) is 0. The van der Waals surface area contributed by atoms with Gasteiger partial charge in [-0.3, -0.25) is 0 Å². The standard InChI is InChI=1S/C13H18O4S2/c1-4-13(18-3,12(14)17-5-2)19(15,16)11-9-7-6-8-10-11/h6-10H,4-5H2,1-3H3. The van der Waals surface area contributed by atoms with E-state index in [1.54, 1.807) is 38.3 Å². The van der Waals surface area contributed by atoms with Gasteiger partial charge in [0.05, 0.1) is 11.5 Å². The fraction of sp³-hybridized carbons (Fsp3) is 0.462. The third-order valence-electron chi connectivity index (χ3n) is 2.87. The van der Waals surface area contributed by atoms with E-state index in [4.69, 9.17) is 4.74 Å². The summed E-state index contributed by atoms with van der Waals surface area (Å²) in [6.45, 7) is 3.49. The number of ether oxygens (including phenoxy) is 1. The van der Waals surface area contributed by atoms with Crippen molar-refractivity contribution < 1.29 is 17.9 Å². The lowest BCUT2D eigenvalue weighted by Gasteiger charge is -2.28. The number of carbonyl (C=O) groups excluding carboxylic acids is 1. The third kappa shape index (κ3) is 2.79. The second-order valence-electron chi connectivity index (χ2n) is 3.85. The number of carbonyl (C=O) groups is 1. The van der Waals surface area contributed by atoms with E-state index in [-0.39, 0.29) is 17.9 Å². The lowest BCUT2D eigenvalue weighted by atomic mass is 10.3. The molecule has 1 unspecified atom stereocenters. The summed E-state index contributed by atoms with van der Waals surface area (Å²) in [4.78, 5) is 12.3. The molecule has 0 spiro atoms. The SMILES string of the molecule is CCOC(=O)C(CC)(SC)S(=O)(=O)c1ccccc1. The van der Waals surface area contributed by atoms with Gasteiger partial charge in [-0.15, -0.1) is 11.8 Å². The normalized spacial score (nSPS) is 14.7. The molecule has 0 aliphatic heterocycles. The molecule has 1 aromatic rings. The molecule has 0 bridgehead atoms. The summed E-state index contributed by atoms with van der Waals surface area (Å²) in [7, 11) is -3.80. The van der Waals surface area contributed by atoms with E-state index in [0.29, 0.717) is 0 Å². The number of rotatable bonds is 6. The van der Waals surface area contributed by atoms with Crippen LogP contribution in [0.3, 0.4) is 0 Å². The maximum Gasteiger partial charge on any atom is 0.338 e. The molecule has 0 N–H and O–H groups in total. The van der Waals surface area contributed by atoms with Gasteiger partial charge in [-0.2, -0.15) is 0 Å². The third-order valence-corrected chi connectivity index (χ3v) is 7.36. The molecule has 1 rings (SSSR count). The molecule has 0 fully saturated rings. The number of sulfone groups is 1. The van der Waals surface area contributed by atoms with E-state index >= 15 is 0 Å². The number of esters is 1. The first kappa shape index (κ1) is 16.0. The van der Waals surface area contributed by atoms with Gasteiger partial charge in [0.15, 0.2) is 0 Å². The molecule has 0 aliphatic carbocycles. The molecular weight excluding hydrogens is 284 g/mol. The number of thioether (sulfide) groups is 1. The highest BCUT2D eigenvalue weighted by Gasteiger charge is 2.51. The highest BCUT2D eigenvalue weighted by atomic mass is 32.3. The van der Waals surface area contributed by atoms with Crippen molar-refractivity contribution in [2.24, 2.45) is 0 Å². The monoisotopic (exact) mass is 302 g/mol. The molecule has 0 aromatic heterocycles. The Hall–Kier alpha value is -1.01. The maximum absolute atomic E-state index is 12.7. The summed E-state index contributed by atoms with van der Waals surface area (Å²) in [5.41, 5.74) is 0. The van der Waals surface area contributed by atoms with Crippen molar-refractivity contribution in [3.8, 4) is 0 Å². The van der Waals surface area contributed by atoms with Crippen molar-refractivity contribution in [1.29, 1.82) is 0 Å². The largest absolute Gasteiger partial charge is 0.464 e. The molecule has 1 aromatic carbocycles. The summed E-state index contributed by atoms with van der Waals surface area (Å²) >= 11 is 1.00. The van der Waals surface area contributed by atoms with E-state index in [9.17, 15) is 13.2 Å². The summed E-state index contributed by atoms with van der Waals surface area (Å²) in [6.07, 6.45) is 1.77. The summed E-state index contributed by atoms with van der Waals surface area (Å²) in [5.74, 6) is -0.700. The van der Waals surface area contributed by atoms with Crippen LogP contribution in [0.15, 0.2) is 35.2 Å². The van der Waals surface area contributed by atoms with Crippen LogP contribution in [-0.2, 0) is 19.4 Å².